The summed E-state index contributed by atoms with van der Waals surface area (Å²) in [7, 11) is 0. The molecular formula is C32H30ClN5O2S2. The SMILES string of the molecule is Cc1c(-c2ccccc2)sc2nc(NC3CCCCC3)[nH]c(=O)c12.Cc1nc2sc(-c3ccccc3)c(Cl)c2c(=O)[nH]1. The molecule has 1 saturated carbocycles. The van der Waals surface area contributed by atoms with Crippen LogP contribution in [0.5, 0.6) is 0 Å². The van der Waals surface area contributed by atoms with E-state index in [0.717, 1.165) is 44.1 Å². The smallest absolute Gasteiger partial charge is 0.261 e. The first-order valence-electron chi connectivity index (χ1n) is 14.0. The highest BCUT2D eigenvalue weighted by Crippen LogP contribution is 2.39. The van der Waals surface area contributed by atoms with E-state index in [-0.39, 0.29) is 11.1 Å². The fourth-order valence-corrected chi connectivity index (χ4v) is 8.14. The van der Waals surface area contributed by atoms with Crippen molar-refractivity contribution < 1.29 is 0 Å². The van der Waals surface area contributed by atoms with Crippen LogP contribution < -0.4 is 16.4 Å². The second-order valence-electron chi connectivity index (χ2n) is 10.4. The Labute approximate surface area is 255 Å². The first-order valence-corrected chi connectivity index (χ1v) is 16.0. The van der Waals surface area contributed by atoms with Gasteiger partial charge in [0.2, 0.25) is 5.95 Å². The molecule has 4 heterocycles. The largest absolute Gasteiger partial charge is 0.353 e. The van der Waals surface area contributed by atoms with Gasteiger partial charge in [0.15, 0.2) is 0 Å². The zero-order valence-electron chi connectivity index (χ0n) is 23.3. The highest BCUT2D eigenvalue weighted by molar-refractivity contribution is 7.22. The van der Waals surface area contributed by atoms with Gasteiger partial charge < -0.3 is 10.3 Å². The maximum absolute atomic E-state index is 12.6. The van der Waals surface area contributed by atoms with Crippen molar-refractivity contribution >= 4 is 60.7 Å². The molecule has 1 fully saturated rings. The monoisotopic (exact) mass is 615 g/mol. The zero-order chi connectivity index (χ0) is 29.2. The number of aryl methyl sites for hydroxylation is 2. The molecule has 4 aromatic heterocycles. The van der Waals surface area contributed by atoms with Crippen molar-refractivity contribution in [2.75, 3.05) is 5.32 Å². The van der Waals surface area contributed by atoms with Crippen molar-refractivity contribution in [3.05, 3.63) is 97.8 Å². The number of nitrogens with zero attached hydrogens (tertiary/aromatic N) is 2. The van der Waals surface area contributed by atoms with E-state index in [4.69, 9.17) is 11.6 Å². The Balaban J connectivity index is 0.000000157. The van der Waals surface area contributed by atoms with Gasteiger partial charge in [-0.1, -0.05) is 91.5 Å². The van der Waals surface area contributed by atoms with Crippen molar-refractivity contribution in [2.45, 2.75) is 52.0 Å². The van der Waals surface area contributed by atoms with Crippen LogP contribution in [0.1, 0.15) is 43.5 Å². The minimum atomic E-state index is -0.180. The standard InChI is InChI=1S/C19H21N3OS.C13H9ClN2OS/c1-12-15-17(23)21-19(20-14-10-6-3-7-11-14)22-18(15)24-16(12)13-8-4-2-5-9-13;1-7-15-12(17)9-10(14)11(18-13(9)16-7)8-5-3-2-4-6-8/h2,4-5,8-9,14H,3,6-7,10-11H2,1H3,(H2,20,21,22,23);2-6H,1H3,(H,15,16,17). The Morgan fingerprint density at radius 3 is 2.00 bits per heavy atom. The van der Waals surface area contributed by atoms with Gasteiger partial charge in [-0.05, 0) is 43.4 Å². The van der Waals surface area contributed by atoms with E-state index in [1.807, 2.05) is 55.5 Å². The third kappa shape index (κ3) is 5.77. The average molecular weight is 616 g/mol. The van der Waals surface area contributed by atoms with E-state index in [9.17, 15) is 9.59 Å². The Bertz CT molecular complexity index is 1970. The minimum absolute atomic E-state index is 0.0470. The summed E-state index contributed by atoms with van der Waals surface area (Å²) >= 11 is 9.34. The van der Waals surface area contributed by atoms with E-state index in [0.29, 0.717) is 38.4 Å². The predicted octanol–water partition coefficient (Wildman–Crippen LogP) is 8.32. The molecule has 0 bridgehead atoms. The Morgan fingerprint density at radius 2 is 1.33 bits per heavy atom. The molecular weight excluding hydrogens is 586 g/mol. The van der Waals surface area contributed by atoms with Crippen molar-refractivity contribution in [3.63, 3.8) is 0 Å². The number of anilines is 1. The van der Waals surface area contributed by atoms with Gasteiger partial charge in [-0.2, -0.15) is 0 Å². The number of nitrogens with one attached hydrogen (secondary N) is 3. The first-order chi connectivity index (χ1) is 20.4. The summed E-state index contributed by atoms with van der Waals surface area (Å²) in [6.07, 6.45) is 6.12. The first kappa shape index (κ1) is 28.3. The topological polar surface area (TPSA) is 104 Å². The number of aromatic nitrogens is 4. The van der Waals surface area contributed by atoms with E-state index in [2.05, 4.69) is 37.4 Å². The molecule has 214 valence electrons. The van der Waals surface area contributed by atoms with Crippen LogP contribution >= 0.6 is 34.3 Å². The van der Waals surface area contributed by atoms with E-state index in [1.165, 1.54) is 30.6 Å². The van der Waals surface area contributed by atoms with Gasteiger partial charge in [-0.25, -0.2) is 9.97 Å². The fourth-order valence-electron chi connectivity index (χ4n) is 5.38. The lowest BCUT2D eigenvalue weighted by Gasteiger charge is -2.22. The molecule has 0 spiro atoms. The molecule has 0 unspecified atom stereocenters. The number of hydrogen-bond acceptors (Lipinski definition) is 7. The molecule has 0 saturated heterocycles. The number of hydrogen-bond donors (Lipinski definition) is 3. The molecule has 10 heteroatoms. The van der Waals surface area contributed by atoms with Gasteiger partial charge >= 0.3 is 0 Å². The third-order valence-electron chi connectivity index (χ3n) is 7.44. The summed E-state index contributed by atoms with van der Waals surface area (Å²) in [5.74, 6) is 1.21. The highest BCUT2D eigenvalue weighted by Gasteiger charge is 2.19. The van der Waals surface area contributed by atoms with E-state index < -0.39 is 0 Å². The Kier molecular flexibility index (Phi) is 8.24. The average Bonchev–Trinajstić information content (AvgIpc) is 3.51. The van der Waals surface area contributed by atoms with Gasteiger partial charge in [0.25, 0.3) is 11.1 Å². The fraction of sp³-hybridized carbons (Fsp3) is 0.250. The highest BCUT2D eigenvalue weighted by atomic mass is 35.5. The summed E-state index contributed by atoms with van der Waals surface area (Å²) in [6, 6.07) is 20.4. The van der Waals surface area contributed by atoms with Gasteiger partial charge in [0, 0.05) is 10.9 Å². The van der Waals surface area contributed by atoms with Crippen molar-refractivity contribution in [1.29, 1.82) is 0 Å². The molecule has 7 nitrogen and oxygen atoms in total. The molecule has 1 aliphatic carbocycles. The second-order valence-corrected chi connectivity index (χ2v) is 12.8. The predicted molar refractivity (Wildman–Crippen MR) is 176 cm³/mol. The van der Waals surface area contributed by atoms with Crippen molar-refractivity contribution in [3.8, 4) is 20.9 Å². The quantitative estimate of drug-likeness (QED) is 0.185. The number of H-pyrrole nitrogens is 2. The summed E-state index contributed by atoms with van der Waals surface area (Å²) in [5, 5.41) is 5.10. The number of fused-ring (bicyclic) bond motifs is 2. The van der Waals surface area contributed by atoms with Crippen molar-refractivity contribution in [2.24, 2.45) is 0 Å². The Hall–Kier alpha value is -3.79. The lowest BCUT2D eigenvalue weighted by Crippen LogP contribution is -2.25. The van der Waals surface area contributed by atoms with Crippen LogP contribution in [0.2, 0.25) is 5.02 Å². The molecule has 0 atom stereocenters. The van der Waals surface area contributed by atoms with Crippen LogP contribution in [0.3, 0.4) is 0 Å². The third-order valence-corrected chi connectivity index (χ3v) is 10.3. The molecule has 0 aliphatic heterocycles. The molecule has 7 rings (SSSR count). The summed E-state index contributed by atoms with van der Waals surface area (Å²) < 4.78 is 0. The molecule has 3 N–H and O–H groups in total. The maximum atomic E-state index is 12.6. The number of thiophene rings is 2. The number of rotatable bonds is 4. The van der Waals surface area contributed by atoms with Crippen LogP contribution in [0, 0.1) is 13.8 Å². The summed E-state index contributed by atoms with van der Waals surface area (Å²) in [6.45, 7) is 3.77. The van der Waals surface area contributed by atoms with Gasteiger partial charge in [-0.3, -0.25) is 14.6 Å². The lowest BCUT2D eigenvalue weighted by molar-refractivity contribution is 0.461. The van der Waals surface area contributed by atoms with Crippen LogP contribution in [-0.4, -0.2) is 26.0 Å². The zero-order valence-corrected chi connectivity index (χ0v) is 25.7. The van der Waals surface area contributed by atoms with E-state index >= 15 is 0 Å². The van der Waals surface area contributed by atoms with Crippen molar-refractivity contribution in [1.82, 2.24) is 19.9 Å². The van der Waals surface area contributed by atoms with Crippen LogP contribution in [0.15, 0.2) is 70.3 Å². The molecule has 0 amide bonds. The molecule has 42 heavy (non-hydrogen) atoms. The minimum Gasteiger partial charge on any atom is -0.353 e. The second kappa shape index (κ2) is 12.2. The van der Waals surface area contributed by atoms with E-state index in [1.54, 1.807) is 18.3 Å². The summed E-state index contributed by atoms with van der Waals surface area (Å²) in [5.41, 5.74) is 2.93. The van der Waals surface area contributed by atoms with Crippen LogP contribution in [-0.2, 0) is 0 Å². The maximum Gasteiger partial charge on any atom is 0.261 e. The van der Waals surface area contributed by atoms with Gasteiger partial charge in [0.05, 0.1) is 20.7 Å². The molecule has 1 aliphatic rings. The number of benzene rings is 2. The van der Waals surface area contributed by atoms with Crippen LogP contribution in [0.4, 0.5) is 5.95 Å². The number of halogens is 1. The lowest BCUT2D eigenvalue weighted by atomic mass is 9.96. The molecule has 0 radical (unpaired) electrons. The molecule has 6 aromatic rings. The van der Waals surface area contributed by atoms with Crippen LogP contribution in [0.25, 0.3) is 41.3 Å². The van der Waals surface area contributed by atoms with Gasteiger partial charge in [-0.15, -0.1) is 22.7 Å². The Morgan fingerprint density at radius 1 is 0.762 bits per heavy atom. The molecule has 2 aromatic carbocycles. The van der Waals surface area contributed by atoms with Gasteiger partial charge in [0.1, 0.15) is 15.5 Å². The summed E-state index contributed by atoms with van der Waals surface area (Å²) in [4.78, 5) is 42.6. The number of aromatic amines is 2. The normalized spacial score (nSPS) is 13.7.